The minimum Gasteiger partial charge on any atom is -0.357 e. The number of aryl methyl sites for hydroxylation is 1. The van der Waals surface area contributed by atoms with E-state index in [0.29, 0.717) is 12.0 Å². The third-order valence-corrected chi connectivity index (χ3v) is 4.66. The van der Waals surface area contributed by atoms with E-state index in [1.807, 2.05) is 24.1 Å². The molecule has 2 heterocycles. The molecular weight excluding hydrogens is 250 g/mol. The van der Waals surface area contributed by atoms with Crippen LogP contribution in [0.3, 0.4) is 0 Å². The van der Waals surface area contributed by atoms with Crippen molar-refractivity contribution in [2.24, 2.45) is 17.5 Å². The molecule has 2 fully saturated rings. The molecule has 1 saturated carbocycles. The molecule has 1 aliphatic carbocycles. The second-order valence-corrected chi connectivity index (χ2v) is 6.22. The molecule has 0 atom stereocenters. The first-order valence-electron chi connectivity index (χ1n) is 7.72. The molecule has 1 aliphatic heterocycles. The topological polar surface area (TPSA) is 45.5 Å². The van der Waals surface area contributed by atoms with Crippen LogP contribution < -0.4 is 5.32 Å². The average molecular weight is 275 g/mol. The van der Waals surface area contributed by atoms with Crippen molar-refractivity contribution in [3.8, 4) is 0 Å². The first-order valence-corrected chi connectivity index (χ1v) is 7.72. The van der Waals surface area contributed by atoms with E-state index in [1.54, 1.807) is 0 Å². The predicted octanol–water partition coefficient (Wildman–Crippen LogP) is 1.76. The van der Waals surface area contributed by atoms with Crippen LogP contribution in [0.15, 0.2) is 17.4 Å². The molecule has 5 nitrogen and oxygen atoms in total. The monoisotopic (exact) mass is 275 g/mol. The second-order valence-electron chi connectivity index (χ2n) is 6.22. The standard InChI is InChI=1S/C15H25N5/c1-3-16-14(17-9-13-10-18-19(2)11-13)20-8-7-15(12-20)5-4-6-15/h10-11H,3-9,12H2,1-2H3,(H,16,17). The largest absolute Gasteiger partial charge is 0.357 e. The normalized spacial score (nSPS) is 21.3. The molecule has 0 unspecified atom stereocenters. The van der Waals surface area contributed by atoms with Gasteiger partial charge in [-0.3, -0.25) is 4.68 Å². The quantitative estimate of drug-likeness (QED) is 0.675. The van der Waals surface area contributed by atoms with Gasteiger partial charge in [-0.05, 0) is 31.6 Å². The van der Waals surface area contributed by atoms with Gasteiger partial charge in [0.2, 0.25) is 0 Å². The van der Waals surface area contributed by atoms with Gasteiger partial charge in [0.1, 0.15) is 0 Å². The molecule has 0 amide bonds. The van der Waals surface area contributed by atoms with Gasteiger partial charge in [-0.25, -0.2) is 4.99 Å². The number of rotatable bonds is 3. The zero-order valence-corrected chi connectivity index (χ0v) is 12.6. The van der Waals surface area contributed by atoms with Crippen LogP contribution in [0.25, 0.3) is 0 Å². The van der Waals surface area contributed by atoms with Crippen LogP contribution in [0.2, 0.25) is 0 Å². The third kappa shape index (κ3) is 2.67. The zero-order chi connectivity index (χ0) is 14.0. The molecule has 1 aromatic heterocycles. The first-order chi connectivity index (χ1) is 9.71. The Morgan fingerprint density at radius 3 is 2.85 bits per heavy atom. The highest BCUT2D eigenvalue weighted by Crippen LogP contribution is 2.47. The van der Waals surface area contributed by atoms with Crippen molar-refractivity contribution in [1.29, 1.82) is 0 Å². The number of guanidine groups is 1. The Morgan fingerprint density at radius 1 is 1.45 bits per heavy atom. The lowest BCUT2D eigenvalue weighted by Crippen LogP contribution is -2.42. The van der Waals surface area contributed by atoms with E-state index in [-0.39, 0.29) is 0 Å². The van der Waals surface area contributed by atoms with Crippen LogP contribution in [0.1, 0.15) is 38.2 Å². The Kier molecular flexibility index (Phi) is 3.68. The van der Waals surface area contributed by atoms with Crippen molar-refractivity contribution >= 4 is 5.96 Å². The Bertz CT molecular complexity index is 486. The number of hydrogen-bond acceptors (Lipinski definition) is 2. The number of hydrogen-bond donors (Lipinski definition) is 1. The lowest BCUT2D eigenvalue weighted by Gasteiger charge is -2.38. The van der Waals surface area contributed by atoms with E-state index in [0.717, 1.165) is 19.0 Å². The summed E-state index contributed by atoms with van der Waals surface area (Å²) in [5.74, 6) is 1.07. The van der Waals surface area contributed by atoms with Gasteiger partial charge in [0.15, 0.2) is 5.96 Å². The van der Waals surface area contributed by atoms with Gasteiger partial charge >= 0.3 is 0 Å². The van der Waals surface area contributed by atoms with Crippen LogP contribution in [0.4, 0.5) is 0 Å². The lowest BCUT2D eigenvalue weighted by molar-refractivity contribution is 0.151. The molecular formula is C15H25N5. The molecule has 1 spiro atoms. The fraction of sp³-hybridized carbons (Fsp3) is 0.733. The molecule has 1 saturated heterocycles. The van der Waals surface area contributed by atoms with Crippen molar-refractivity contribution in [1.82, 2.24) is 20.0 Å². The van der Waals surface area contributed by atoms with Crippen molar-refractivity contribution in [3.63, 3.8) is 0 Å². The molecule has 3 rings (SSSR count). The summed E-state index contributed by atoms with van der Waals surface area (Å²) in [6.45, 7) is 6.11. The van der Waals surface area contributed by atoms with Crippen LogP contribution in [-0.2, 0) is 13.6 Å². The molecule has 110 valence electrons. The summed E-state index contributed by atoms with van der Waals surface area (Å²) in [5, 5.41) is 7.63. The second kappa shape index (κ2) is 5.46. The minimum atomic E-state index is 0.616. The van der Waals surface area contributed by atoms with E-state index in [9.17, 15) is 0 Å². The fourth-order valence-corrected chi connectivity index (χ4v) is 3.35. The van der Waals surface area contributed by atoms with Crippen LogP contribution in [0, 0.1) is 5.41 Å². The van der Waals surface area contributed by atoms with Gasteiger partial charge in [-0.1, -0.05) is 6.42 Å². The number of nitrogens with zero attached hydrogens (tertiary/aromatic N) is 4. The third-order valence-electron chi connectivity index (χ3n) is 4.66. The summed E-state index contributed by atoms with van der Waals surface area (Å²) in [6.07, 6.45) is 9.49. The van der Waals surface area contributed by atoms with Crippen LogP contribution in [0.5, 0.6) is 0 Å². The molecule has 0 radical (unpaired) electrons. The van der Waals surface area contributed by atoms with Crippen LogP contribution >= 0.6 is 0 Å². The maximum atomic E-state index is 4.78. The van der Waals surface area contributed by atoms with Gasteiger partial charge in [-0.2, -0.15) is 5.10 Å². The predicted molar refractivity (Wildman–Crippen MR) is 80.5 cm³/mol. The van der Waals surface area contributed by atoms with E-state index >= 15 is 0 Å². The van der Waals surface area contributed by atoms with Gasteiger partial charge in [0.05, 0.1) is 12.7 Å². The zero-order valence-electron chi connectivity index (χ0n) is 12.6. The fourth-order valence-electron chi connectivity index (χ4n) is 3.35. The van der Waals surface area contributed by atoms with Gasteiger partial charge in [-0.15, -0.1) is 0 Å². The minimum absolute atomic E-state index is 0.616. The number of nitrogens with one attached hydrogen (secondary N) is 1. The van der Waals surface area contributed by atoms with Crippen molar-refractivity contribution in [3.05, 3.63) is 18.0 Å². The molecule has 1 aromatic rings. The summed E-state index contributed by atoms with van der Waals surface area (Å²) in [4.78, 5) is 7.22. The summed E-state index contributed by atoms with van der Waals surface area (Å²) in [5.41, 5.74) is 1.78. The van der Waals surface area contributed by atoms with Crippen LogP contribution in [-0.4, -0.2) is 40.3 Å². The highest BCUT2D eigenvalue weighted by atomic mass is 15.3. The van der Waals surface area contributed by atoms with Crippen molar-refractivity contribution < 1.29 is 0 Å². The molecule has 2 aliphatic rings. The summed E-state index contributed by atoms with van der Waals surface area (Å²) in [7, 11) is 1.94. The summed E-state index contributed by atoms with van der Waals surface area (Å²) < 4.78 is 1.83. The van der Waals surface area contributed by atoms with E-state index < -0.39 is 0 Å². The van der Waals surface area contributed by atoms with Gasteiger partial charge in [0, 0.05) is 38.4 Å². The maximum Gasteiger partial charge on any atom is 0.194 e. The Hall–Kier alpha value is -1.52. The van der Waals surface area contributed by atoms with E-state index in [1.165, 1.54) is 37.8 Å². The Labute approximate surface area is 121 Å². The Balaban J connectivity index is 1.65. The highest BCUT2D eigenvalue weighted by Gasteiger charge is 2.43. The SMILES string of the molecule is CCNC(=NCc1cnn(C)c1)N1CCC2(CCC2)C1. The van der Waals surface area contributed by atoms with E-state index in [2.05, 4.69) is 22.2 Å². The molecule has 1 N–H and O–H groups in total. The highest BCUT2D eigenvalue weighted by molar-refractivity contribution is 5.80. The van der Waals surface area contributed by atoms with Gasteiger partial charge in [0.25, 0.3) is 0 Å². The number of aromatic nitrogens is 2. The Morgan fingerprint density at radius 2 is 2.30 bits per heavy atom. The first kappa shape index (κ1) is 13.5. The maximum absolute atomic E-state index is 4.78. The number of likely N-dealkylation sites (tertiary alicyclic amines) is 1. The number of aliphatic imine (C=N–C) groups is 1. The molecule has 5 heteroatoms. The average Bonchev–Trinajstić information content (AvgIpc) is 3.00. The lowest BCUT2D eigenvalue weighted by atomic mass is 9.68. The molecule has 0 aromatic carbocycles. The smallest absolute Gasteiger partial charge is 0.194 e. The van der Waals surface area contributed by atoms with E-state index in [4.69, 9.17) is 4.99 Å². The van der Waals surface area contributed by atoms with Crippen molar-refractivity contribution in [2.45, 2.75) is 39.2 Å². The summed E-state index contributed by atoms with van der Waals surface area (Å²) >= 11 is 0. The molecule has 0 bridgehead atoms. The van der Waals surface area contributed by atoms with Crippen molar-refractivity contribution in [2.75, 3.05) is 19.6 Å². The van der Waals surface area contributed by atoms with Gasteiger partial charge < -0.3 is 10.2 Å². The summed E-state index contributed by atoms with van der Waals surface area (Å²) in [6, 6.07) is 0. The molecule has 20 heavy (non-hydrogen) atoms.